The molecule has 5 nitrogen and oxygen atoms in total. The van der Waals surface area contributed by atoms with E-state index in [0.717, 1.165) is 34.5 Å². The van der Waals surface area contributed by atoms with Crippen LogP contribution in [0.15, 0.2) is 36.4 Å². The second-order valence-electron chi connectivity index (χ2n) is 9.21. The molecule has 0 aliphatic rings. The lowest BCUT2D eigenvalue weighted by molar-refractivity contribution is -0.116. The smallest absolute Gasteiger partial charge is 0.225 e. The highest BCUT2D eigenvalue weighted by Crippen LogP contribution is 2.35. The van der Waals surface area contributed by atoms with Gasteiger partial charge in [0.1, 0.15) is 6.73 Å². The van der Waals surface area contributed by atoms with E-state index in [1.165, 1.54) is 5.56 Å². The summed E-state index contributed by atoms with van der Waals surface area (Å²) in [5.41, 5.74) is 3.99. The van der Waals surface area contributed by atoms with Gasteiger partial charge in [0.05, 0.1) is 10.5 Å². The summed E-state index contributed by atoms with van der Waals surface area (Å²) < 4.78 is 7.70. The van der Waals surface area contributed by atoms with E-state index in [0.29, 0.717) is 30.6 Å². The molecule has 1 amide bonds. The molecule has 166 valence electrons. The largest absolute Gasteiger partial charge is 0.360 e. The lowest BCUT2D eigenvalue weighted by Gasteiger charge is -2.15. The van der Waals surface area contributed by atoms with Gasteiger partial charge in [0.2, 0.25) is 5.91 Å². The fourth-order valence-electron chi connectivity index (χ4n) is 3.29. The zero-order valence-corrected chi connectivity index (χ0v) is 20.8. The number of ether oxygens (including phenoxy) is 1. The quantitative estimate of drug-likeness (QED) is 0.286. The minimum Gasteiger partial charge on any atom is -0.360 e. The highest BCUT2D eigenvalue weighted by molar-refractivity contribution is 6.76. The van der Waals surface area contributed by atoms with E-state index in [1.807, 2.05) is 19.1 Å². The Kier molecular flexibility index (Phi) is 7.57. The molecule has 0 atom stereocenters. The molecule has 0 aliphatic heterocycles. The Balaban J connectivity index is 1.97. The minimum atomic E-state index is -1.17. The summed E-state index contributed by atoms with van der Waals surface area (Å²) in [6, 6.07) is 13.3. The molecule has 0 radical (unpaired) electrons. The summed E-state index contributed by atoms with van der Waals surface area (Å²) >= 11 is 6.67. The summed E-state index contributed by atoms with van der Waals surface area (Å²) in [5, 5.41) is 9.12. The van der Waals surface area contributed by atoms with Gasteiger partial charge in [-0.3, -0.25) is 4.79 Å². The maximum absolute atomic E-state index is 12.3. The molecule has 0 unspecified atom stereocenters. The van der Waals surface area contributed by atoms with Gasteiger partial charge in [-0.2, -0.15) is 5.10 Å². The number of hydrogen-bond acceptors (Lipinski definition) is 3. The Hall–Kier alpha value is -2.15. The second kappa shape index (κ2) is 9.98. The van der Waals surface area contributed by atoms with Crippen LogP contribution >= 0.6 is 11.6 Å². The number of aryl methyl sites for hydroxylation is 1. The van der Waals surface area contributed by atoms with E-state index in [-0.39, 0.29) is 5.91 Å². The molecule has 0 spiro atoms. The number of anilines is 1. The molecule has 31 heavy (non-hydrogen) atoms. The number of nitrogens with zero attached hydrogens (tertiary/aromatic N) is 2. The molecule has 0 saturated carbocycles. The van der Waals surface area contributed by atoms with Crippen LogP contribution < -0.4 is 5.32 Å². The van der Waals surface area contributed by atoms with Crippen molar-refractivity contribution < 1.29 is 9.53 Å². The van der Waals surface area contributed by atoms with Gasteiger partial charge in [0, 0.05) is 32.1 Å². The van der Waals surface area contributed by atoms with E-state index in [9.17, 15) is 4.79 Å². The molecule has 1 N–H and O–H groups in total. The number of aromatic nitrogens is 2. The van der Waals surface area contributed by atoms with Crippen LogP contribution in [-0.4, -0.2) is 30.4 Å². The zero-order valence-electron chi connectivity index (χ0n) is 19.1. The molecule has 3 aromatic rings. The van der Waals surface area contributed by atoms with E-state index < -0.39 is 8.07 Å². The number of benzene rings is 2. The Bertz CT molecular complexity index is 1060. The fraction of sp³-hybridized carbons (Fsp3) is 0.417. The average molecular weight is 458 g/mol. The summed E-state index contributed by atoms with van der Waals surface area (Å²) in [6.07, 6.45) is 1.24. The minimum absolute atomic E-state index is 0.0412. The van der Waals surface area contributed by atoms with Crippen LogP contribution in [0.25, 0.3) is 22.0 Å². The number of carbonyl (C=O) groups excluding carboxylic acids is 1. The molecular weight excluding hydrogens is 426 g/mol. The van der Waals surface area contributed by atoms with E-state index in [4.69, 9.17) is 16.3 Å². The van der Waals surface area contributed by atoms with Crippen molar-refractivity contribution in [3.05, 3.63) is 47.0 Å². The summed E-state index contributed by atoms with van der Waals surface area (Å²) in [6.45, 7) is 12.0. The van der Waals surface area contributed by atoms with Gasteiger partial charge in [0.25, 0.3) is 0 Å². The molecule has 1 heterocycles. The number of rotatable bonds is 9. The fourth-order valence-corrected chi connectivity index (χ4v) is 4.31. The van der Waals surface area contributed by atoms with Crippen LogP contribution in [0.1, 0.15) is 25.3 Å². The average Bonchev–Trinajstić information content (AvgIpc) is 3.01. The van der Waals surface area contributed by atoms with Crippen molar-refractivity contribution in [2.75, 3.05) is 11.9 Å². The normalized spacial score (nSPS) is 11.8. The molecule has 0 bridgehead atoms. The zero-order chi connectivity index (χ0) is 22.6. The number of fused-ring (bicyclic) bond motifs is 1. The van der Waals surface area contributed by atoms with Crippen LogP contribution in [0.2, 0.25) is 30.7 Å². The highest BCUT2D eigenvalue weighted by Gasteiger charge is 2.17. The highest BCUT2D eigenvalue weighted by atomic mass is 35.5. The van der Waals surface area contributed by atoms with E-state index >= 15 is 0 Å². The Morgan fingerprint density at radius 3 is 2.55 bits per heavy atom. The van der Waals surface area contributed by atoms with Crippen molar-refractivity contribution in [2.45, 2.75) is 59.1 Å². The first-order valence-corrected chi connectivity index (χ1v) is 14.9. The summed E-state index contributed by atoms with van der Waals surface area (Å²) in [7, 11) is -1.17. The molecule has 0 saturated heterocycles. The topological polar surface area (TPSA) is 56.2 Å². The van der Waals surface area contributed by atoms with Crippen LogP contribution in [0.4, 0.5) is 5.82 Å². The SMILES string of the molecule is CCCC(=O)Nc1nn(COCC[Si](C)(C)C)c2cc(Cl)c(-c3ccc(C)cc3)cc12. The maximum Gasteiger partial charge on any atom is 0.225 e. The van der Waals surface area contributed by atoms with Crippen molar-refractivity contribution in [3.63, 3.8) is 0 Å². The predicted molar refractivity (Wildman–Crippen MR) is 133 cm³/mol. The van der Waals surface area contributed by atoms with Gasteiger partial charge < -0.3 is 10.1 Å². The molecular formula is C24H32ClN3O2Si. The molecule has 1 aromatic heterocycles. The number of nitrogens with one attached hydrogen (secondary N) is 1. The van der Waals surface area contributed by atoms with Gasteiger partial charge in [-0.15, -0.1) is 0 Å². The Morgan fingerprint density at radius 2 is 1.90 bits per heavy atom. The standard InChI is InChI=1S/C24H32ClN3O2Si/c1-6-7-23(29)26-24-20-14-19(18-10-8-17(2)9-11-18)21(25)15-22(20)28(27-24)16-30-12-13-31(3,4)5/h8-11,14-15H,6-7,12-13,16H2,1-5H3,(H,26,27,29). The third-order valence-corrected chi connectivity index (χ3v) is 7.16. The first-order chi connectivity index (χ1) is 14.7. The van der Waals surface area contributed by atoms with Crippen LogP contribution in [0.3, 0.4) is 0 Å². The molecule has 0 fully saturated rings. The Morgan fingerprint density at radius 1 is 1.19 bits per heavy atom. The first-order valence-electron chi connectivity index (χ1n) is 10.8. The maximum atomic E-state index is 12.3. The van der Waals surface area contributed by atoms with Gasteiger partial charge in [-0.1, -0.05) is 68.0 Å². The lowest BCUT2D eigenvalue weighted by atomic mass is 10.0. The van der Waals surface area contributed by atoms with E-state index in [2.05, 4.69) is 61.2 Å². The van der Waals surface area contributed by atoms with Crippen molar-refractivity contribution in [3.8, 4) is 11.1 Å². The van der Waals surface area contributed by atoms with Crippen LogP contribution in [-0.2, 0) is 16.3 Å². The van der Waals surface area contributed by atoms with Crippen LogP contribution in [0.5, 0.6) is 0 Å². The number of hydrogen-bond donors (Lipinski definition) is 1. The van der Waals surface area contributed by atoms with Gasteiger partial charge in [-0.25, -0.2) is 4.68 Å². The third-order valence-electron chi connectivity index (χ3n) is 5.15. The van der Waals surface area contributed by atoms with Gasteiger partial charge in [0.15, 0.2) is 5.82 Å². The molecule has 2 aromatic carbocycles. The van der Waals surface area contributed by atoms with Crippen molar-refractivity contribution >= 4 is 42.3 Å². The van der Waals surface area contributed by atoms with Crippen molar-refractivity contribution in [1.29, 1.82) is 0 Å². The second-order valence-corrected chi connectivity index (χ2v) is 15.2. The summed E-state index contributed by atoms with van der Waals surface area (Å²) in [4.78, 5) is 12.3. The Labute approximate surface area is 190 Å². The lowest BCUT2D eigenvalue weighted by Crippen LogP contribution is -2.22. The first kappa shape index (κ1) is 23.5. The molecule has 7 heteroatoms. The third kappa shape index (κ3) is 6.18. The van der Waals surface area contributed by atoms with Gasteiger partial charge >= 0.3 is 0 Å². The monoisotopic (exact) mass is 457 g/mol. The van der Waals surface area contributed by atoms with Crippen molar-refractivity contribution in [1.82, 2.24) is 9.78 Å². The number of halogens is 1. The number of carbonyl (C=O) groups is 1. The van der Waals surface area contributed by atoms with E-state index in [1.54, 1.807) is 4.68 Å². The summed E-state index contributed by atoms with van der Waals surface area (Å²) in [5.74, 6) is 0.507. The molecule has 0 aliphatic carbocycles. The van der Waals surface area contributed by atoms with Crippen LogP contribution in [0, 0.1) is 6.92 Å². The van der Waals surface area contributed by atoms with Gasteiger partial charge in [-0.05, 0) is 37.1 Å². The predicted octanol–water partition coefficient (Wildman–Crippen LogP) is 6.72. The number of amides is 1. The molecule has 3 rings (SSSR count). The van der Waals surface area contributed by atoms with Crippen molar-refractivity contribution in [2.24, 2.45) is 0 Å².